The first-order valence-electron chi connectivity index (χ1n) is 6.57. The Morgan fingerprint density at radius 2 is 2.00 bits per heavy atom. The van der Waals surface area contributed by atoms with E-state index in [0.717, 1.165) is 18.6 Å². The van der Waals surface area contributed by atoms with Gasteiger partial charge in [0.25, 0.3) is 0 Å². The normalized spacial score (nSPS) is 11.6. The molecule has 1 aromatic carbocycles. The monoisotopic (exact) mass is 322 g/mol. The van der Waals surface area contributed by atoms with Crippen LogP contribution in [0.5, 0.6) is 0 Å². The summed E-state index contributed by atoms with van der Waals surface area (Å²) in [5.41, 5.74) is -0.722. The number of nitrogens with one attached hydrogen (secondary N) is 2. The molecule has 0 heterocycles. The Kier molecular flexibility index (Phi) is 6.33. The van der Waals surface area contributed by atoms with Gasteiger partial charge in [-0.05, 0) is 30.5 Å². The van der Waals surface area contributed by atoms with Gasteiger partial charge in [-0.15, -0.1) is 0 Å². The molecular weight excluding hydrogens is 305 g/mol. The van der Waals surface area contributed by atoms with Crippen LogP contribution in [0.2, 0.25) is 5.02 Å². The maximum absolute atomic E-state index is 12.7. The van der Waals surface area contributed by atoms with Crippen LogP contribution >= 0.6 is 11.6 Å². The number of benzene rings is 1. The molecule has 3 nitrogen and oxygen atoms in total. The predicted octanol–water partition coefficient (Wildman–Crippen LogP) is 3.93. The highest BCUT2D eigenvalue weighted by Crippen LogP contribution is 2.36. The van der Waals surface area contributed by atoms with Gasteiger partial charge in [-0.1, -0.05) is 25.4 Å². The minimum absolute atomic E-state index is 0.0863. The first kappa shape index (κ1) is 17.6. The van der Waals surface area contributed by atoms with Gasteiger partial charge in [0, 0.05) is 12.2 Å². The molecule has 0 atom stereocenters. The molecule has 1 amide bonds. The number of hydrogen-bond donors (Lipinski definition) is 2. The van der Waals surface area contributed by atoms with E-state index in [9.17, 15) is 18.0 Å². The molecule has 2 N–H and O–H groups in total. The van der Waals surface area contributed by atoms with E-state index >= 15 is 0 Å². The Labute approximate surface area is 126 Å². The van der Waals surface area contributed by atoms with E-state index in [1.807, 2.05) is 13.8 Å². The number of hydrogen-bond acceptors (Lipinski definition) is 2. The average Bonchev–Trinajstić information content (AvgIpc) is 2.36. The molecule has 0 aliphatic rings. The van der Waals surface area contributed by atoms with Crippen molar-refractivity contribution in [2.45, 2.75) is 26.4 Å². The molecule has 1 aromatic rings. The Balaban J connectivity index is 2.54. The smallest absolute Gasteiger partial charge is 0.376 e. The van der Waals surface area contributed by atoms with E-state index < -0.39 is 11.7 Å². The molecule has 7 heteroatoms. The van der Waals surface area contributed by atoms with Gasteiger partial charge in [-0.25, -0.2) is 0 Å². The highest BCUT2D eigenvalue weighted by Gasteiger charge is 2.33. The number of anilines is 1. The van der Waals surface area contributed by atoms with Crippen molar-refractivity contribution in [1.29, 1.82) is 0 Å². The first-order valence-corrected chi connectivity index (χ1v) is 6.95. The lowest BCUT2D eigenvalue weighted by Crippen LogP contribution is -2.31. The van der Waals surface area contributed by atoms with Crippen molar-refractivity contribution in [3.63, 3.8) is 0 Å². The van der Waals surface area contributed by atoms with E-state index in [-0.39, 0.29) is 23.2 Å². The number of halogens is 4. The fourth-order valence-electron chi connectivity index (χ4n) is 1.60. The molecule has 0 spiro atoms. The molecule has 0 aliphatic carbocycles. The van der Waals surface area contributed by atoms with Crippen LogP contribution in [-0.4, -0.2) is 19.0 Å². The molecule has 0 saturated carbocycles. The van der Waals surface area contributed by atoms with Crippen LogP contribution in [0.4, 0.5) is 18.9 Å². The third-order valence-corrected chi connectivity index (χ3v) is 3.10. The highest BCUT2D eigenvalue weighted by atomic mass is 35.5. The zero-order valence-corrected chi connectivity index (χ0v) is 12.6. The molecule has 0 unspecified atom stereocenters. The van der Waals surface area contributed by atoms with Crippen LogP contribution in [0.1, 0.15) is 25.8 Å². The van der Waals surface area contributed by atoms with E-state index in [0.29, 0.717) is 12.5 Å². The molecule has 0 saturated heterocycles. The van der Waals surface area contributed by atoms with Crippen LogP contribution in [0.25, 0.3) is 0 Å². The van der Waals surface area contributed by atoms with Crippen molar-refractivity contribution in [1.82, 2.24) is 5.32 Å². The molecule has 0 bridgehead atoms. The van der Waals surface area contributed by atoms with E-state index in [2.05, 4.69) is 10.6 Å². The summed E-state index contributed by atoms with van der Waals surface area (Å²) < 4.78 is 38.0. The van der Waals surface area contributed by atoms with Gasteiger partial charge in [0.05, 0.1) is 17.1 Å². The fourth-order valence-corrected chi connectivity index (χ4v) is 1.82. The molecule has 1 rings (SSSR count). The van der Waals surface area contributed by atoms with Gasteiger partial charge in [0.2, 0.25) is 5.91 Å². The molecular formula is C14H18ClF3N2O. The fraction of sp³-hybridized carbons (Fsp3) is 0.500. The van der Waals surface area contributed by atoms with Crippen molar-refractivity contribution in [3.8, 4) is 0 Å². The minimum atomic E-state index is -4.52. The maximum atomic E-state index is 12.7. The van der Waals surface area contributed by atoms with Gasteiger partial charge in [-0.3, -0.25) is 4.79 Å². The SMILES string of the molecule is CC(C)CCNC(=O)CNc1ccc(Cl)c(C(F)(F)F)c1. The second kappa shape index (κ2) is 7.54. The quantitative estimate of drug-likeness (QED) is 0.833. The first-order chi connectivity index (χ1) is 9.70. The zero-order valence-electron chi connectivity index (χ0n) is 11.9. The van der Waals surface area contributed by atoms with Crippen molar-refractivity contribution >= 4 is 23.2 Å². The lowest BCUT2D eigenvalue weighted by molar-refractivity contribution is -0.137. The minimum Gasteiger partial charge on any atom is -0.376 e. The van der Waals surface area contributed by atoms with E-state index in [1.54, 1.807) is 0 Å². The maximum Gasteiger partial charge on any atom is 0.417 e. The van der Waals surface area contributed by atoms with Crippen LogP contribution in [0.15, 0.2) is 18.2 Å². The summed E-state index contributed by atoms with van der Waals surface area (Å²) in [6.45, 7) is 4.54. The summed E-state index contributed by atoms with van der Waals surface area (Å²) in [5, 5.41) is 4.98. The number of rotatable bonds is 6. The Bertz CT molecular complexity index is 490. The molecule has 21 heavy (non-hydrogen) atoms. The average molecular weight is 323 g/mol. The van der Waals surface area contributed by atoms with Crippen LogP contribution < -0.4 is 10.6 Å². The Morgan fingerprint density at radius 3 is 2.57 bits per heavy atom. The highest BCUT2D eigenvalue weighted by molar-refractivity contribution is 6.31. The summed E-state index contributed by atoms with van der Waals surface area (Å²) in [7, 11) is 0. The summed E-state index contributed by atoms with van der Waals surface area (Å²) in [6, 6.07) is 3.45. The summed E-state index contributed by atoms with van der Waals surface area (Å²) >= 11 is 5.51. The van der Waals surface area contributed by atoms with Crippen molar-refractivity contribution in [2.24, 2.45) is 5.92 Å². The van der Waals surface area contributed by atoms with Crippen LogP contribution in [0, 0.1) is 5.92 Å². The predicted molar refractivity (Wildman–Crippen MR) is 77.4 cm³/mol. The van der Waals surface area contributed by atoms with Gasteiger partial charge in [0.1, 0.15) is 0 Å². The van der Waals surface area contributed by atoms with Crippen molar-refractivity contribution in [3.05, 3.63) is 28.8 Å². The van der Waals surface area contributed by atoms with Gasteiger partial charge in [0.15, 0.2) is 0 Å². The topological polar surface area (TPSA) is 41.1 Å². The van der Waals surface area contributed by atoms with E-state index in [4.69, 9.17) is 11.6 Å². The molecule has 0 aromatic heterocycles. The van der Waals surface area contributed by atoms with Crippen molar-refractivity contribution in [2.75, 3.05) is 18.4 Å². The number of carbonyl (C=O) groups excluding carboxylic acids is 1. The summed E-state index contributed by atoms with van der Waals surface area (Å²) in [4.78, 5) is 11.5. The van der Waals surface area contributed by atoms with Crippen LogP contribution in [-0.2, 0) is 11.0 Å². The molecule has 0 fully saturated rings. The number of amides is 1. The Morgan fingerprint density at radius 1 is 1.33 bits per heavy atom. The third-order valence-electron chi connectivity index (χ3n) is 2.77. The van der Waals surface area contributed by atoms with Crippen molar-refractivity contribution < 1.29 is 18.0 Å². The Hall–Kier alpha value is -1.43. The van der Waals surface area contributed by atoms with Gasteiger partial charge >= 0.3 is 6.18 Å². The van der Waals surface area contributed by atoms with Gasteiger partial charge < -0.3 is 10.6 Å². The van der Waals surface area contributed by atoms with E-state index in [1.165, 1.54) is 6.07 Å². The number of alkyl halides is 3. The lowest BCUT2D eigenvalue weighted by atomic mass is 10.1. The molecule has 0 aliphatic heterocycles. The standard InChI is InChI=1S/C14H18ClF3N2O/c1-9(2)5-6-19-13(21)8-20-10-3-4-12(15)11(7-10)14(16,17)18/h3-4,7,9,20H,5-6,8H2,1-2H3,(H,19,21). The number of carbonyl (C=O) groups is 1. The second-order valence-corrected chi connectivity index (χ2v) is 5.49. The van der Waals surface area contributed by atoms with Crippen LogP contribution in [0.3, 0.4) is 0 Å². The summed E-state index contributed by atoms with van der Waals surface area (Å²) in [6.07, 6.45) is -3.67. The lowest BCUT2D eigenvalue weighted by Gasteiger charge is -2.12. The zero-order chi connectivity index (χ0) is 16.0. The third kappa shape index (κ3) is 6.25. The second-order valence-electron chi connectivity index (χ2n) is 5.08. The largest absolute Gasteiger partial charge is 0.417 e. The summed E-state index contributed by atoms with van der Waals surface area (Å²) in [5.74, 6) is 0.211. The molecule has 118 valence electrons. The molecule has 0 radical (unpaired) electrons. The van der Waals surface area contributed by atoms with Gasteiger partial charge in [-0.2, -0.15) is 13.2 Å².